The minimum absolute atomic E-state index is 0.162. The minimum atomic E-state index is -3.55. The van der Waals surface area contributed by atoms with E-state index in [1.807, 2.05) is 0 Å². The number of rotatable bonds is 9. The molecule has 2 rings (SSSR count). The zero-order valence-corrected chi connectivity index (χ0v) is 18.4. The molecule has 1 heterocycles. The molecule has 1 aromatic carbocycles. The molecule has 1 aromatic heterocycles. The van der Waals surface area contributed by atoms with Crippen LogP contribution in [0.5, 0.6) is 0 Å². The van der Waals surface area contributed by atoms with Crippen molar-refractivity contribution in [3.8, 4) is 0 Å². The van der Waals surface area contributed by atoms with Crippen molar-refractivity contribution < 1.29 is 27.5 Å². The van der Waals surface area contributed by atoms with Crippen molar-refractivity contribution >= 4 is 33.9 Å². The van der Waals surface area contributed by atoms with E-state index in [1.165, 1.54) is 22.5 Å². The average molecular weight is 448 g/mol. The van der Waals surface area contributed by atoms with Crippen LogP contribution >= 0.6 is 0 Å². The molecular weight excluding hydrogens is 422 g/mol. The van der Waals surface area contributed by atoms with Gasteiger partial charge in [-0.15, -0.1) is 0 Å². The summed E-state index contributed by atoms with van der Waals surface area (Å²) in [5.41, 5.74) is 0.879. The number of benzene rings is 1. The SMILES string of the molecule is CCN(CC)S(=O)(=O)c1ccc(/C=C/C(=O)OCC(=O)NC(=O)c2cccn2C)cc1. The van der Waals surface area contributed by atoms with Crippen molar-refractivity contribution in [2.75, 3.05) is 19.7 Å². The third-order valence-corrected chi connectivity index (χ3v) is 6.47. The van der Waals surface area contributed by atoms with Gasteiger partial charge in [0.05, 0.1) is 4.90 Å². The van der Waals surface area contributed by atoms with E-state index < -0.39 is 34.4 Å². The highest BCUT2D eigenvalue weighted by Crippen LogP contribution is 2.16. The minimum Gasteiger partial charge on any atom is -0.452 e. The van der Waals surface area contributed by atoms with Crippen LogP contribution in [0.2, 0.25) is 0 Å². The molecule has 0 saturated carbocycles. The van der Waals surface area contributed by atoms with E-state index in [2.05, 4.69) is 5.32 Å². The summed E-state index contributed by atoms with van der Waals surface area (Å²) >= 11 is 0. The van der Waals surface area contributed by atoms with Crippen LogP contribution in [0.1, 0.15) is 29.9 Å². The molecular formula is C21H25N3O6S. The van der Waals surface area contributed by atoms with E-state index in [9.17, 15) is 22.8 Å². The van der Waals surface area contributed by atoms with Gasteiger partial charge in [0.2, 0.25) is 10.0 Å². The number of carbonyl (C=O) groups excluding carboxylic acids is 3. The first-order valence-corrected chi connectivity index (χ1v) is 11.0. The summed E-state index contributed by atoms with van der Waals surface area (Å²) in [6, 6.07) is 9.26. The summed E-state index contributed by atoms with van der Waals surface area (Å²) in [7, 11) is -1.89. The number of aryl methyl sites for hydroxylation is 1. The fraction of sp³-hybridized carbons (Fsp3) is 0.286. The Morgan fingerprint density at radius 2 is 1.74 bits per heavy atom. The number of carbonyl (C=O) groups is 3. The molecule has 0 bridgehead atoms. The smallest absolute Gasteiger partial charge is 0.331 e. The van der Waals surface area contributed by atoms with Crippen LogP contribution < -0.4 is 5.32 Å². The number of imide groups is 1. The zero-order valence-electron chi connectivity index (χ0n) is 17.6. The van der Waals surface area contributed by atoms with Crippen molar-refractivity contribution in [2.24, 2.45) is 7.05 Å². The lowest BCUT2D eigenvalue weighted by molar-refractivity contribution is -0.143. The summed E-state index contributed by atoms with van der Waals surface area (Å²) in [5.74, 6) is -2.12. The second kappa shape index (κ2) is 10.7. The quantitative estimate of drug-likeness (QED) is 0.461. The summed E-state index contributed by atoms with van der Waals surface area (Å²) in [4.78, 5) is 35.7. The molecule has 0 unspecified atom stereocenters. The number of aromatic nitrogens is 1. The monoisotopic (exact) mass is 447 g/mol. The Morgan fingerprint density at radius 3 is 2.29 bits per heavy atom. The predicted molar refractivity (Wildman–Crippen MR) is 114 cm³/mol. The highest BCUT2D eigenvalue weighted by Gasteiger charge is 2.21. The van der Waals surface area contributed by atoms with Gasteiger partial charge < -0.3 is 9.30 Å². The Labute approximate surface area is 181 Å². The number of hydrogen-bond donors (Lipinski definition) is 1. The Morgan fingerprint density at radius 1 is 1.10 bits per heavy atom. The number of nitrogens with one attached hydrogen (secondary N) is 1. The molecule has 0 aliphatic heterocycles. The van der Waals surface area contributed by atoms with Gasteiger partial charge in [0.1, 0.15) is 5.69 Å². The second-order valence-corrected chi connectivity index (χ2v) is 8.42. The summed E-state index contributed by atoms with van der Waals surface area (Å²) < 4.78 is 32.6. The molecule has 10 heteroatoms. The summed E-state index contributed by atoms with van der Waals surface area (Å²) in [6.45, 7) is 3.66. The first-order valence-electron chi connectivity index (χ1n) is 9.59. The standard InChI is InChI=1S/C21H25N3O6S/c1-4-24(5-2)31(28,29)17-11-8-16(9-12-17)10-13-20(26)30-15-19(25)22-21(27)18-7-6-14-23(18)3/h6-14H,4-5,15H2,1-3H3,(H,22,25,27)/b13-10+. The average Bonchev–Trinajstić information content (AvgIpc) is 3.17. The molecule has 2 aromatic rings. The number of esters is 1. The molecule has 1 N–H and O–H groups in total. The van der Waals surface area contributed by atoms with Gasteiger partial charge >= 0.3 is 5.97 Å². The van der Waals surface area contributed by atoms with Gasteiger partial charge in [-0.05, 0) is 35.9 Å². The van der Waals surface area contributed by atoms with Gasteiger partial charge in [-0.3, -0.25) is 14.9 Å². The fourth-order valence-corrected chi connectivity index (χ4v) is 4.19. The van der Waals surface area contributed by atoms with Crippen molar-refractivity contribution in [3.63, 3.8) is 0 Å². The first kappa shape index (κ1) is 24.0. The van der Waals surface area contributed by atoms with E-state index in [-0.39, 0.29) is 4.90 Å². The molecule has 0 aliphatic carbocycles. The lowest BCUT2D eigenvalue weighted by atomic mass is 10.2. The van der Waals surface area contributed by atoms with Gasteiger partial charge in [-0.2, -0.15) is 4.31 Å². The third-order valence-electron chi connectivity index (χ3n) is 4.41. The molecule has 0 atom stereocenters. The highest BCUT2D eigenvalue weighted by atomic mass is 32.2. The second-order valence-electron chi connectivity index (χ2n) is 6.48. The lowest BCUT2D eigenvalue weighted by Crippen LogP contribution is -2.34. The van der Waals surface area contributed by atoms with Crippen LogP contribution in [0, 0.1) is 0 Å². The molecule has 0 aliphatic rings. The molecule has 0 radical (unpaired) electrons. The van der Waals surface area contributed by atoms with Crippen LogP contribution in [0.25, 0.3) is 6.08 Å². The maximum Gasteiger partial charge on any atom is 0.331 e. The lowest BCUT2D eigenvalue weighted by Gasteiger charge is -2.18. The van der Waals surface area contributed by atoms with Gasteiger partial charge in [0.15, 0.2) is 6.61 Å². The van der Waals surface area contributed by atoms with Crippen LogP contribution in [0.3, 0.4) is 0 Å². The highest BCUT2D eigenvalue weighted by molar-refractivity contribution is 7.89. The predicted octanol–water partition coefficient (Wildman–Crippen LogP) is 1.57. The Balaban J connectivity index is 1.88. The molecule has 166 valence electrons. The number of hydrogen-bond acceptors (Lipinski definition) is 6. The number of ether oxygens (including phenoxy) is 1. The number of sulfonamides is 1. The molecule has 0 spiro atoms. The van der Waals surface area contributed by atoms with Crippen LogP contribution in [-0.2, 0) is 31.4 Å². The van der Waals surface area contributed by atoms with Crippen LogP contribution in [-0.4, -0.2) is 54.8 Å². The summed E-state index contributed by atoms with van der Waals surface area (Å²) in [5, 5.41) is 2.13. The maximum absolute atomic E-state index is 12.5. The van der Waals surface area contributed by atoms with Gasteiger partial charge in [-0.1, -0.05) is 26.0 Å². The van der Waals surface area contributed by atoms with Crippen LogP contribution in [0.15, 0.2) is 53.6 Å². The Kier molecular flexibility index (Phi) is 8.29. The van der Waals surface area contributed by atoms with E-state index in [0.717, 1.165) is 6.08 Å². The Hall–Kier alpha value is -3.24. The third kappa shape index (κ3) is 6.37. The maximum atomic E-state index is 12.5. The Bertz CT molecular complexity index is 1070. The summed E-state index contributed by atoms with van der Waals surface area (Å²) in [6.07, 6.45) is 4.21. The number of amides is 2. The van der Waals surface area contributed by atoms with E-state index >= 15 is 0 Å². The molecule has 0 fully saturated rings. The van der Waals surface area contributed by atoms with E-state index in [1.54, 1.807) is 55.9 Å². The van der Waals surface area contributed by atoms with Gasteiger partial charge in [-0.25, -0.2) is 13.2 Å². The van der Waals surface area contributed by atoms with Crippen LogP contribution in [0.4, 0.5) is 0 Å². The normalized spacial score (nSPS) is 11.6. The van der Waals surface area contributed by atoms with Crippen molar-refractivity contribution in [2.45, 2.75) is 18.7 Å². The van der Waals surface area contributed by atoms with Crippen molar-refractivity contribution in [1.29, 1.82) is 0 Å². The largest absolute Gasteiger partial charge is 0.452 e. The molecule has 2 amide bonds. The fourth-order valence-electron chi connectivity index (χ4n) is 2.74. The van der Waals surface area contributed by atoms with Crippen molar-refractivity contribution in [1.82, 2.24) is 14.2 Å². The first-order chi connectivity index (χ1) is 14.7. The number of nitrogens with zero attached hydrogens (tertiary/aromatic N) is 2. The molecule has 9 nitrogen and oxygen atoms in total. The van der Waals surface area contributed by atoms with Gasteiger partial charge in [0, 0.05) is 32.4 Å². The van der Waals surface area contributed by atoms with E-state index in [4.69, 9.17) is 4.74 Å². The van der Waals surface area contributed by atoms with Crippen molar-refractivity contribution in [3.05, 3.63) is 59.9 Å². The molecule has 0 saturated heterocycles. The van der Waals surface area contributed by atoms with Gasteiger partial charge in [0.25, 0.3) is 11.8 Å². The zero-order chi connectivity index (χ0) is 23.0. The van der Waals surface area contributed by atoms with E-state index in [0.29, 0.717) is 24.3 Å². The topological polar surface area (TPSA) is 115 Å². The molecule has 31 heavy (non-hydrogen) atoms.